The molecule has 0 saturated carbocycles. The van der Waals surface area contributed by atoms with E-state index in [2.05, 4.69) is 0 Å². The van der Waals surface area contributed by atoms with Gasteiger partial charge in [0, 0.05) is 11.1 Å². The van der Waals surface area contributed by atoms with E-state index in [4.69, 9.17) is 22.1 Å². The van der Waals surface area contributed by atoms with Crippen molar-refractivity contribution in [3.05, 3.63) is 28.8 Å². The van der Waals surface area contributed by atoms with Gasteiger partial charge in [0.15, 0.2) is 0 Å². The number of nitrogens with two attached hydrogens (primary N) is 1. The molecule has 1 aromatic rings. The molecule has 1 aromatic carbocycles. The zero-order valence-corrected chi connectivity index (χ0v) is 11.9. The van der Waals surface area contributed by atoms with E-state index in [-0.39, 0.29) is 12.0 Å². The molecule has 0 saturated heterocycles. The molecule has 0 fully saturated rings. The van der Waals surface area contributed by atoms with Gasteiger partial charge in [-0.3, -0.25) is 0 Å². The van der Waals surface area contributed by atoms with Gasteiger partial charge in [-0.2, -0.15) is 0 Å². The molecular weight excluding hydrogens is 250 g/mol. The summed E-state index contributed by atoms with van der Waals surface area (Å²) in [5.74, 6) is 0.940. The number of ether oxygens (including phenoxy) is 1. The summed E-state index contributed by atoms with van der Waals surface area (Å²) in [7, 11) is 1.63. The van der Waals surface area contributed by atoms with E-state index in [9.17, 15) is 5.11 Å². The molecule has 0 aromatic heterocycles. The fourth-order valence-electron chi connectivity index (χ4n) is 2.03. The van der Waals surface area contributed by atoms with Crippen LogP contribution in [0.25, 0.3) is 0 Å². The second kappa shape index (κ2) is 6.98. The van der Waals surface area contributed by atoms with E-state index in [1.54, 1.807) is 13.2 Å². The summed E-state index contributed by atoms with van der Waals surface area (Å²) in [5.41, 5.74) is 6.84. The Balaban J connectivity index is 2.83. The molecule has 3 unspecified atom stereocenters. The second-order valence-corrected chi connectivity index (χ2v) is 5.10. The van der Waals surface area contributed by atoms with Gasteiger partial charge in [-0.15, -0.1) is 0 Å². The average Bonchev–Trinajstić information content (AvgIpc) is 2.37. The summed E-state index contributed by atoms with van der Waals surface area (Å²) in [6.07, 6.45) is 0.861. The molecule has 3 nitrogen and oxygen atoms in total. The van der Waals surface area contributed by atoms with Gasteiger partial charge in [-0.05, 0) is 42.5 Å². The summed E-state index contributed by atoms with van der Waals surface area (Å²) < 4.78 is 5.32. The monoisotopic (exact) mass is 271 g/mol. The van der Waals surface area contributed by atoms with Crippen molar-refractivity contribution in [3.8, 4) is 5.75 Å². The molecule has 3 atom stereocenters. The van der Waals surface area contributed by atoms with E-state index in [1.807, 2.05) is 26.0 Å². The molecular formula is C14H22ClNO2. The molecule has 102 valence electrons. The van der Waals surface area contributed by atoms with Gasteiger partial charge in [0.1, 0.15) is 5.75 Å². The number of hydrogen-bond donors (Lipinski definition) is 2. The van der Waals surface area contributed by atoms with Gasteiger partial charge in [0.2, 0.25) is 0 Å². The highest BCUT2D eigenvalue weighted by Crippen LogP contribution is 2.32. The van der Waals surface area contributed by atoms with Crippen molar-refractivity contribution in [1.82, 2.24) is 0 Å². The predicted molar refractivity (Wildman–Crippen MR) is 75.3 cm³/mol. The highest BCUT2D eigenvalue weighted by atomic mass is 35.5. The lowest BCUT2D eigenvalue weighted by Gasteiger charge is -2.22. The molecule has 0 aliphatic rings. The van der Waals surface area contributed by atoms with Crippen LogP contribution in [-0.2, 0) is 0 Å². The van der Waals surface area contributed by atoms with Crippen molar-refractivity contribution in [2.75, 3.05) is 7.11 Å². The van der Waals surface area contributed by atoms with Crippen molar-refractivity contribution in [3.63, 3.8) is 0 Å². The molecule has 0 bridgehead atoms. The van der Waals surface area contributed by atoms with Crippen molar-refractivity contribution in [2.24, 2.45) is 5.73 Å². The van der Waals surface area contributed by atoms with Crippen LogP contribution in [0.4, 0.5) is 0 Å². The summed E-state index contributed by atoms with van der Waals surface area (Å²) in [6.45, 7) is 4.01. The minimum atomic E-state index is -0.506. The number of halogens is 1. The van der Waals surface area contributed by atoms with Crippen LogP contribution in [0.5, 0.6) is 5.75 Å². The Bertz CT molecular complexity index is 384. The van der Waals surface area contributed by atoms with Gasteiger partial charge < -0.3 is 15.6 Å². The maximum atomic E-state index is 9.98. The molecule has 0 spiro atoms. The number of hydrogen-bond acceptors (Lipinski definition) is 3. The van der Waals surface area contributed by atoms with Crippen LogP contribution in [0.3, 0.4) is 0 Å². The Hall–Kier alpha value is -0.770. The third-order valence-corrected chi connectivity index (χ3v) is 3.52. The van der Waals surface area contributed by atoms with Crippen LogP contribution in [0.15, 0.2) is 18.2 Å². The molecule has 3 N–H and O–H groups in total. The van der Waals surface area contributed by atoms with Gasteiger partial charge in [0.05, 0.1) is 13.2 Å². The maximum Gasteiger partial charge on any atom is 0.122 e. The fraction of sp³-hybridized carbons (Fsp3) is 0.571. The fourth-order valence-corrected chi connectivity index (χ4v) is 2.21. The smallest absolute Gasteiger partial charge is 0.122 e. The molecule has 0 aliphatic heterocycles. The zero-order valence-electron chi connectivity index (χ0n) is 11.2. The maximum absolute atomic E-state index is 9.98. The number of aliphatic hydroxyl groups is 1. The number of benzene rings is 1. The topological polar surface area (TPSA) is 55.5 Å². The third kappa shape index (κ3) is 3.87. The normalized spacial score (nSPS) is 16.1. The van der Waals surface area contributed by atoms with Crippen LogP contribution < -0.4 is 10.5 Å². The molecule has 0 heterocycles. The first kappa shape index (κ1) is 15.3. The van der Waals surface area contributed by atoms with Gasteiger partial charge >= 0.3 is 0 Å². The van der Waals surface area contributed by atoms with Crippen LogP contribution >= 0.6 is 11.6 Å². The number of aliphatic hydroxyl groups excluding tert-OH is 1. The zero-order chi connectivity index (χ0) is 13.7. The van der Waals surface area contributed by atoms with Gasteiger partial charge in [-0.25, -0.2) is 0 Å². The third-order valence-electron chi connectivity index (χ3n) is 3.28. The lowest BCUT2D eigenvalue weighted by Crippen LogP contribution is -2.34. The Kier molecular flexibility index (Phi) is 5.93. The van der Waals surface area contributed by atoms with Crippen LogP contribution in [-0.4, -0.2) is 24.4 Å². The minimum absolute atomic E-state index is 0.145. The minimum Gasteiger partial charge on any atom is -0.496 e. The van der Waals surface area contributed by atoms with Crippen molar-refractivity contribution >= 4 is 11.6 Å². The van der Waals surface area contributed by atoms with Crippen molar-refractivity contribution in [1.29, 1.82) is 0 Å². The van der Waals surface area contributed by atoms with Gasteiger partial charge in [-0.1, -0.05) is 25.4 Å². The number of rotatable bonds is 6. The van der Waals surface area contributed by atoms with Crippen LogP contribution in [0, 0.1) is 0 Å². The summed E-state index contributed by atoms with van der Waals surface area (Å²) in [6, 6.07) is 5.35. The molecule has 4 heteroatoms. The quantitative estimate of drug-likeness (QED) is 0.836. The standard InChI is InChI=1S/C14H22ClNO2/c1-4-12(16)13(17)7-9(2)11-8-10(15)5-6-14(11)18-3/h5-6,8-9,12-13,17H,4,7,16H2,1-3H3. The molecule has 1 rings (SSSR count). The Morgan fingerprint density at radius 3 is 2.67 bits per heavy atom. The summed E-state index contributed by atoms with van der Waals surface area (Å²) in [4.78, 5) is 0. The van der Waals surface area contributed by atoms with E-state index in [1.165, 1.54) is 0 Å². The lowest BCUT2D eigenvalue weighted by atomic mass is 9.91. The second-order valence-electron chi connectivity index (χ2n) is 4.66. The van der Waals surface area contributed by atoms with E-state index in [0.29, 0.717) is 11.4 Å². The summed E-state index contributed by atoms with van der Waals surface area (Å²) >= 11 is 6.00. The Morgan fingerprint density at radius 2 is 2.11 bits per heavy atom. The van der Waals surface area contributed by atoms with Crippen LogP contribution in [0.2, 0.25) is 5.02 Å². The van der Waals surface area contributed by atoms with E-state index in [0.717, 1.165) is 17.7 Å². The van der Waals surface area contributed by atoms with Gasteiger partial charge in [0.25, 0.3) is 0 Å². The highest BCUT2D eigenvalue weighted by molar-refractivity contribution is 6.30. The first-order chi connectivity index (χ1) is 8.49. The molecule has 0 amide bonds. The van der Waals surface area contributed by atoms with Crippen LogP contribution in [0.1, 0.15) is 38.2 Å². The van der Waals surface area contributed by atoms with Crippen molar-refractivity contribution in [2.45, 2.75) is 44.8 Å². The molecule has 0 radical (unpaired) electrons. The summed E-state index contributed by atoms with van der Waals surface area (Å²) in [5, 5.41) is 10.7. The Morgan fingerprint density at radius 1 is 1.44 bits per heavy atom. The first-order valence-corrected chi connectivity index (χ1v) is 6.64. The van der Waals surface area contributed by atoms with Crippen molar-refractivity contribution < 1.29 is 9.84 Å². The van der Waals surface area contributed by atoms with E-state index >= 15 is 0 Å². The lowest BCUT2D eigenvalue weighted by molar-refractivity contribution is 0.126. The highest BCUT2D eigenvalue weighted by Gasteiger charge is 2.19. The SMILES string of the molecule is CCC(N)C(O)CC(C)c1cc(Cl)ccc1OC. The van der Waals surface area contributed by atoms with E-state index < -0.39 is 6.10 Å². The number of methoxy groups -OCH3 is 1. The first-order valence-electron chi connectivity index (χ1n) is 6.26. The largest absolute Gasteiger partial charge is 0.496 e. The molecule has 18 heavy (non-hydrogen) atoms. The molecule has 0 aliphatic carbocycles. The Labute approximate surface area is 114 Å². The predicted octanol–water partition coefficient (Wildman–Crippen LogP) is 2.94. The average molecular weight is 272 g/mol.